The van der Waals surface area contributed by atoms with Crippen LogP contribution in [0, 0.1) is 3.57 Å². The van der Waals surface area contributed by atoms with Gasteiger partial charge in [0.15, 0.2) is 0 Å². The summed E-state index contributed by atoms with van der Waals surface area (Å²) in [6, 6.07) is 12.0. The number of nitrogens with zero attached hydrogens (tertiary/aromatic N) is 3. The van der Waals surface area contributed by atoms with E-state index in [1.165, 1.54) is 0 Å². The molecular weight excluding hydrogens is 403 g/mol. The lowest BCUT2D eigenvalue weighted by molar-refractivity contribution is -0.117. The predicted molar refractivity (Wildman–Crippen MR) is 99.1 cm³/mol. The maximum absolute atomic E-state index is 11.8. The number of carbonyl (C=O) groups is 1. The Labute approximate surface area is 146 Å². The van der Waals surface area contributed by atoms with Gasteiger partial charge in [0.2, 0.25) is 5.91 Å². The molecule has 0 saturated carbocycles. The van der Waals surface area contributed by atoms with Gasteiger partial charge in [-0.1, -0.05) is 0 Å². The monoisotopic (exact) mass is 416 g/mol. The summed E-state index contributed by atoms with van der Waals surface area (Å²) in [5, 5.41) is 4.33. The van der Waals surface area contributed by atoms with Gasteiger partial charge in [-0.25, -0.2) is 9.97 Å². The van der Waals surface area contributed by atoms with Crippen LogP contribution in [0.2, 0.25) is 0 Å². The highest BCUT2D eigenvalue weighted by Crippen LogP contribution is 2.32. The van der Waals surface area contributed by atoms with E-state index in [0.29, 0.717) is 6.42 Å². The van der Waals surface area contributed by atoms with Crippen molar-refractivity contribution in [2.45, 2.75) is 6.42 Å². The first-order valence-corrected chi connectivity index (χ1v) is 8.26. The van der Waals surface area contributed by atoms with Crippen LogP contribution in [0.3, 0.4) is 0 Å². The summed E-state index contributed by atoms with van der Waals surface area (Å²) in [5.41, 5.74) is 3.84. The molecular formula is C17H13IN4O. The number of rotatable bonds is 2. The minimum atomic E-state index is 0.124. The molecule has 4 rings (SSSR count). The molecule has 1 aliphatic heterocycles. The van der Waals surface area contributed by atoms with Gasteiger partial charge in [-0.3, -0.25) is 4.79 Å². The Morgan fingerprint density at radius 2 is 2.04 bits per heavy atom. The lowest BCUT2D eigenvalue weighted by Crippen LogP contribution is -2.20. The molecule has 0 spiro atoms. The summed E-state index contributed by atoms with van der Waals surface area (Å²) in [7, 11) is 1.81. The second-order valence-corrected chi connectivity index (χ2v) is 6.73. The van der Waals surface area contributed by atoms with Crippen LogP contribution in [0.1, 0.15) is 5.56 Å². The largest absolute Gasteiger partial charge is 0.340 e. The molecule has 0 unspecified atom stereocenters. The number of nitrogens with one attached hydrogen (secondary N) is 1. The third-order valence-corrected chi connectivity index (χ3v) is 4.69. The number of aromatic nitrogens is 2. The fourth-order valence-corrected chi connectivity index (χ4v) is 3.30. The number of likely N-dealkylation sites (N-methyl/N-ethyl adjacent to an activating group) is 1. The van der Waals surface area contributed by atoms with Crippen LogP contribution in [-0.4, -0.2) is 22.9 Å². The van der Waals surface area contributed by atoms with E-state index in [1.54, 1.807) is 18.3 Å². The van der Waals surface area contributed by atoms with E-state index in [2.05, 4.69) is 43.9 Å². The van der Waals surface area contributed by atoms with Crippen LogP contribution in [0.5, 0.6) is 0 Å². The van der Waals surface area contributed by atoms with Gasteiger partial charge in [0.1, 0.15) is 12.1 Å². The lowest BCUT2D eigenvalue weighted by Gasteiger charge is -2.12. The molecule has 1 aromatic heterocycles. The highest BCUT2D eigenvalue weighted by Gasteiger charge is 2.23. The maximum atomic E-state index is 11.8. The molecule has 23 heavy (non-hydrogen) atoms. The highest BCUT2D eigenvalue weighted by atomic mass is 127. The average molecular weight is 416 g/mol. The van der Waals surface area contributed by atoms with Crippen LogP contribution >= 0.6 is 22.6 Å². The zero-order valence-electron chi connectivity index (χ0n) is 12.4. The van der Waals surface area contributed by atoms with E-state index in [1.807, 2.05) is 30.3 Å². The van der Waals surface area contributed by atoms with Gasteiger partial charge in [-0.2, -0.15) is 0 Å². The Kier molecular flexibility index (Phi) is 3.41. The maximum Gasteiger partial charge on any atom is 0.231 e. The normalized spacial score (nSPS) is 13.5. The Bertz CT molecular complexity index is 941. The number of benzene rings is 2. The van der Waals surface area contributed by atoms with Gasteiger partial charge in [-0.15, -0.1) is 0 Å². The minimum Gasteiger partial charge on any atom is -0.340 e. The van der Waals surface area contributed by atoms with E-state index >= 15 is 0 Å². The zero-order valence-corrected chi connectivity index (χ0v) is 14.5. The Hall–Kier alpha value is -2.22. The van der Waals surface area contributed by atoms with E-state index in [9.17, 15) is 4.79 Å². The number of amides is 1. The topological polar surface area (TPSA) is 58.1 Å². The third kappa shape index (κ3) is 2.52. The molecule has 0 saturated heterocycles. The summed E-state index contributed by atoms with van der Waals surface area (Å²) in [6.45, 7) is 0. The van der Waals surface area contributed by atoms with Crippen LogP contribution in [0.15, 0.2) is 42.7 Å². The quantitative estimate of drug-likeness (QED) is 0.650. The lowest BCUT2D eigenvalue weighted by atomic mass is 10.1. The second-order valence-electron chi connectivity index (χ2n) is 5.48. The minimum absolute atomic E-state index is 0.124. The molecule has 6 heteroatoms. The summed E-state index contributed by atoms with van der Waals surface area (Å²) in [6.07, 6.45) is 2.01. The summed E-state index contributed by atoms with van der Waals surface area (Å²) < 4.78 is 1.13. The van der Waals surface area contributed by atoms with Gasteiger partial charge in [0.25, 0.3) is 0 Å². The standard InChI is InChI=1S/C17H13IN4O/c1-22-15-5-3-12(6-10(15)7-16(22)23)21-17-13-8-11(18)2-4-14(13)19-9-20-17/h2-6,8-9H,7H2,1H3,(H,19,20,21). The average Bonchev–Trinajstić information content (AvgIpc) is 2.82. The first-order chi connectivity index (χ1) is 11.1. The van der Waals surface area contributed by atoms with Crippen molar-refractivity contribution in [3.8, 4) is 0 Å². The van der Waals surface area contributed by atoms with Gasteiger partial charge >= 0.3 is 0 Å². The number of hydrogen-bond acceptors (Lipinski definition) is 4. The number of carbonyl (C=O) groups excluding carboxylic acids is 1. The molecule has 0 radical (unpaired) electrons. The van der Waals surface area contributed by atoms with Gasteiger partial charge in [0.05, 0.1) is 11.9 Å². The fourth-order valence-electron chi connectivity index (χ4n) is 2.81. The van der Waals surface area contributed by atoms with Crippen LogP contribution in [-0.2, 0) is 11.2 Å². The van der Waals surface area contributed by atoms with Crippen LogP contribution in [0.25, 0.3) is 10.9 Å². The summed E-state index contributed by atoms with van der Waals surface area (Å²) in [4.78, 5) is 22.2. The Balaban J connectivity index is 1.73. The highest BCUT2D eigenvalue weighted by molar-refractivity contribution is 14.1. The first kappa shape index (κ1) is 14.4. The first-order valence-electron chi connectivity index (χ1n) is 7.18. The third-order valence-electron chi connectivity index (χ3n) is 4.02. The summed E-state index contributed by atoms with van der Waals surface area (Å²) >= 11 is 2.28. The molecule has 5 nitrogen and oxygen atoms in total. The van der Waals surface area contributed by atoms with Crippen molar-refractivity contribution >= 4 is 56.6 Å². The van der Waals surface area contributed by atoms with E-state index in [-0.39, 0.29) is 5.91 Å². The molecule has 2 heterocycles. The second kappa shape index (κ2) is 5.45. The Morgan fingerprint density at radius 1 is 1.17 bits per heavy atom. The zero-order chi connectivity index (χ0) is 16.0. The fraction of sp³-hybridized carbons (Fsp3) is 0.118. The van der Waals surface area contributed by atoms with E-state index < -0.39 is 0 Å². The van der Waals surface area contributed by atoms with Crippen molar-refractivity contribution in [1.82, 2.24) is 9.97 Å². The molecule has 1 aliphatic rings. The van der Waals surface area contributed by atoms with Crippen molar-refractivity contribution < 1.29 is 4.79 Å². The van der Waals surface area contributed by atoms with Gasteiger partial charge in [-0.05, 0) is 64.6 Å². The van der Waals surface area contributed by atoms with E-state index in [4.69, 9.17) is 0 Å². The van der Waals surface area contributed by atoms with Crippen molar-refractivity contribution in [3.63, 3.8) is 0 Å². The van der Waals surface area contributed by atoms with Crippen LogP contribution < -0.4 is 10.2 Å². The number of fused-ring (bicyclic) bond motifs is 2. The molecule has 0 atom stereocenters. The Morgan fingerprint density at radius 3 is 2.91 bits per heavy atom. The summed E-state index contributed by atoms with van der Waals surface area (Å²) in [5.74, 6) is 0.894. The van der Waals surface area contributed by atoms with Crippen molar-refractivity contribution in [2.75, 3.05) is 17.3 Å². The molecule has 1 N–H and O–H groups in total. The molecule has 1 amide bonds. The molecule has 0 fully saturated rings. The SMILES string of the molecule is CN1C(=O)Cc2cc(Nc3ncnc4ccc(I)cc34)ccc21. The van der Waals surface area contributed by atoms with Crippen molar-refractivity contribution in [2.24, 2.45) is 0 Å². The molecule has 0 aliphatic carbocycles. The molecule has 0 bridgehead atoms. The molecule has 3 aromatic rings. The van der Waals surface area contributed by atoms with E-state index in [0.717, 1.165) is 37.2 Å². The molecule has 114 valence electrons. The van der Waals surface area contributed by atoms with Crippen molar-refractivity contribution in [1.29, 1.82) is 0 Å². The van der Waals surface area contributed by atoms with Gasteiger partial charge < -0.3 is 10.2 Å². The number of hydrogen-bond donors (Lipinski definition) is 1. The number of anilines is 3. The van der Waals surface area contributed by atoms with Gasteiger partial charge in [0, 0.05) is 27.4 Å². The number of halogens is 1. The predicted octanol–water partition coefficient (Wildman–Crippen LogP) is 3.50. The molecule has 2 aromatic carbocycles. The van der Waals surface area contributed by atoms with Crippen molar-refractivity contribution in [3.05, 3.63) is 51.9 Å². The van der Waals surface area contributed by atoms with Crippen LogP contribution in [0.4, 0.5) is 17.2 Å². The smallest absolute Gasteiger partial charge is 0.231 e.